The van der Waals surface area contributed by atoms with Crippen LogP contribution in [0.25, 0.3) is 22.2 Å². The molecule has 0 saturated heterocycles. The van der Waals surface area contributed by atoms with Gasteiger partial charge in [-0.2, -0.15) is 0 Å². The molecule has 4 aromatic rings. The Morgan fingerprint density at radius 1 is 1.18 bits per heavy atom. The van der Waals surface area contributed by atoms with Gasteiger partial charge in [-0.25, -0.2) is 28.1 Å². The Morgan fingerprint density at radius 3 is 2.53 bits per heavy atom. The number of carbonyl (C=O) groups excluding carboxylic acids is 1. The number of hydrogen-bond acceptors (Lipinski definition) is 6. The molecular weight excluding hydrogens is 440 g/mol. The molecule has 4 rings (SSSR count). The van der Waals surface area contributed by atoms with Gasteiger partial charge in [0.15, 0.2) is 5.65 Å². The zero-order valence-electron chi connectivity index (χ0n) is 19.3. The topological polar surface area (TPSA) is 95.1 Å². The largest absolute Gasteiger partial charge is 0.443 e. The smallest absolute Gasteiger partial charge is 0.420 e. The maximum atomic E-state index is 14.2. The second kappa shape index (κ2) is 8.74. The molecule has 0 atom stereocenters. The maximum absolute atomic E-state index is 14.2. The number of fused-ring (bicyclic) bond motifs is 1. The molecule has 0 aliphatic heterocycles. The molecular formula is C25H25F2N5O2. The first kappa shape index (κ1) is 23.2. The predicted molar refractivity (Wildman–Crippen MR) is 127 cm³/mol. The van der Waals surface area contributed by atoms with Crippen LogP contribution in [0.4, 0.5) is 25.1 Å². The van der Waals surface area contributed by atoms with Gasteiger partial charge in [0.2, 0.25) is 0 Å². The third kappa shape index (κ3) is 4.68. The highest BCUT2D eigenvalue weighted by molar-refractivity contribution is 6.06. The van der Waals surface area contributed by atoms with Gasteiger partial charge in [0, 0.05) is 41.4 Å². The van der Waals surface area contributed by atoms with Gasteiger partial charge in [-0.05, 0) is 63.6 Å². The molecule has 0 aliphatic rings. The summed E-state index contributed by atoms with van der Waals surface area (Å²) in [5.74, 6) is -0.996. The van der Waals surface area contributed by atoms with Crippen LogP contribution in [0.3, 0.4) is 0 Å². The Balaban J connectivity index is 1.89. The summed E-state index contributed by atoms with van der Waals surface area (Å²) in [7, 11) is 0. The average Bonchev–Trinajstić information content (AvgIpc) is 3.12. The minimum Gasteiger partial charge on any atom is -0.443 e. The quantitative estimate of drug-likeness (QED) is 0.404. The molecule has 0 amide bonds. The number of rotatable bonds is 4. The number of nitrogen functional groups attached to an aromatic ring is 1. The van der Waals surface area contributed by atoms with Crippen molar-refractivity contribution in [3.8, 4) is 11.1 Å². The second-order valence-electron chi connectivity index (χ2n) is 8.93. The highest BCUT2D eigenvalue weighted by Gasteiger charge is 2.24. The first-order valence-electron chi connectivity index (χ1n) is 10.7. The zero-order valence-corrected chi connectivity index (χ0v) is 19.3. The van der Waals surface area contributed by atoms with Gasteiger partial charge in [-0.3, -0.25) is 0 Å². The van der Waals surface area contributed by atoms with Crippen LogP contribution in [0.2, 0.25) is 0 Å². The maximum Gasteiger partial charge on any atom is 0.420 e. The van der Waals surface area contributed by atoms with Gasteiger partial charge in [-0.15, -0.1) is 0 Å². The summed E-state index contributed by atoms with van der Waals surface area (Å²) in [6.45, 7) is 6.98. The highest BCUT2D eigenvalue weighted by atomic mass is 19.1. The van der Waals surface area contributed by atoms with Gasteiger partial charge < -0.3 is 15.8 Å². The van der Waals surface area contributed by atoms with Crippen molar-refractivity contribution in [1.29, 1.82) is 0 Å². The fourth-order valence-electron chi connectivity index (χ4n) is 3.66. The van der Waals surface area contributed by atoms with Crippen LogP contribution >= 0.6 is 0 Å². The van der Waals surface area contributed by atoms with Crippen molar-refractivity contribution in [3.05, 3.63) is 71.7 Å². The van der Waals surface area contributed by atoms with Crippen molar-refractivity contribution in [1.82, 2.24) is 14.5 Å². The predicted octanol–water partition coefficient (Wildman–Crippen LogP) is 5.66. The second-order valence-corrected chi connectivity index (χ2v) is 8.93. The number of benzene rings is 1. The minimum atomic E-state index is -0.720. The van der Waals surface area contributed by atoms with Gasteiger partial charge in [0.1, 0.15) is 23.1 Å². The van der Waals surface area contributed by atoms with E-state index in [9.17, 15) is 13.6 Å². The van der Waals surface area contributed by atoms with Crippen LogP contribution < -0.4 is 11.1 Å². The number of carbonyl (C=O) groups is 1. The summed E-state index contributed by atoms with van der Waals surface area (Å²) in [6, 6.07) is 8.92. The molecule has 3 heterocycles. The summed E-state index contributed by atoms with van der Waals surface area (Å²) in [6.07, 6.45) is 2.58. The highest BCUT2D eigenvalue weighted by Crippen LogP contribution is 2.36. The van der Waals surface area contributed by atoms with E-state index in [1.165, 1.54) is 22.8 Å². The molecule has 0 spiro atoms. The monoisotopic (exact) mass is 465 g/mol. The van der Waals surface area contributed by atoms with E-state index in [4.69, 9.17) is 10.5 Å². The lowest BCUT2D eigenvalue weighted by molar-refractivity contribution is 0.0543. The Bertz CT molecular complexity index is 1370. The van der Waals surface area contributed by atoms with Crippen LogP contribution in [0.15, 0.2) is 48.8 Å². The number of hydrogen-bond donors (Lipinski definition) is 2. The van der Waals surface area contributed by atoms with Gasteiger partial charge in [0.05, 0.1) is 5.39 Å². The number of nitrogens with zero attached hydrogens (tertiary/aromatic N) is 3. The van der Waals surface area contributed by atoms with E-state index in [-0.39, 0.29) is 12.1 Å². The molecule has 0 bridgehead atoms. The van der Waals surface area contributed by atoms with Crippen LogP contribution in [0, 0.1) is 18.6 Å². The molecule has 7 nitrogen and oxygen atoms in total. The number of ether oxygens (including phenoxy) is 1. The number of aromatic nitrogens is 3. The van der Waals surface area contributed by atoms with Gasteiger partial charge >= 0.3 is 6.09 Å². The van der Waals surface area contributed by atoms with Crippen molar-refractivity contribution in [2.24, 2.45) is 0 Å². The Morgan fingerprint density at radius 2 is 1.88 bits per heavy atom. The van der Waals surface area contributed by atoms with Crippen molar-refractivity contribution < 1.29 is 18.3 Å². The molecule has 0 radical (unpaired) electrons. The number of halogens is 2. The number of pyridine rings is 2. The van der Waals surface area contributed by atoms with Crippen LogP contribution in [-0.2, 0) is 11.3 Å². The normalized spacial score (nSPS) is 11.6. The van der Waals surface area contributed by atoms with Crippen molar-refractivity contribution in [2.45, 2.75) is 39.8 Å². The molecule has 3 N–H and O–H groups in total. The number of nitrogens with two attached hydrogens (primary N) is 1. The van der Waals surface area contributed by atoms with Crippen molar-refractivity contribution in [3.63, 3.8) is 0 Å². The van der Waals surface area contributed by atoms with Crippen molar-refractivity contribution >= 4 is 28.6 Å². The van der Waals surface area contributed by atoms with E-state index in [2.05, 4.69) is 15.3 Å². The van der Waals surface area contributed by atoms with E-state index >= 15 is 0 Å². The van der Waals surface area contributed by atoms with E-state index < -0.39 is 23.3 Å². The number of aryl methyl sites for hydroxylation is 1. The Hall–Kier alpha value is -4.01. The lowest BCUT2D eigenvalue weighted by Gasteiger charge is -2.19. The molecule has 3 aromatic heterocycles. The Kier molecular flexibility index (Phi) is 5.95. The first-order chi connectivity index (χ1) is 16.0. The Labute approximate surface area is 195 Å². The lowest BCUT2D eigenvalue weighted by atomic mass is 10.1. The van der Waals surface area contributed by atoms with Crippen LogP contribution in [0.5, 0.6) is 0 Å². The fraction of sp³-hybridized carbons (Fsp3) is 0.240. The van der Waals surface area contributed by atoms with Crippen molar-refractivity contribution in [2.75, 3.05) is 11.1 Å². The summed E-state index contributed by atoms with van der Waals surface area (Å²) in [5.41, 5.74) is 7.92. The third-order valence-electron chi connectivity index (χ3n) is 5.08. The minimum absolute atomic E-state index is 0.0913. The van der Waals surface area contributed by atoms with Gasteiger partial charge in [-0.1, -0.05) is 6.07 Å². The molecule has 1 aromatic carbocycles. The molecule has 0 saturated carbocycles. The fourth-order valence-corrected chi connectivity index (χ4v) is 3.66. The molecule has 9 heteroatoms. The molecule has 34 heavy (non-hydrogen) atoms. The molecule has 0 aliphatic carbocycles. The zero-order chi connectivity index (χ0) is 24.6. The van der Waals surface area contributed by atoms with Crippen LogP contribution in [-0.4, -0.2) is 26.2 Å². The summed E-state index contributed by atoms with van der Waals surface area (Å²) in [5, 5.41) is 3.70. The first-order valence-corrected chi connectivity index (χ1v) is 10.7. The van der Waals surface area contributed by atoms with E-state index in [0.29, 0.717) is 39.4 Å². The summed E-state index contributed by atoms with van der Waals surface area (Å²) >= 11 is 0. The molecule has 0 fully saturated rings. The molecule has 0 unspecified atom stereocenters. The third-order valence-corrected chi connectivity index (χ3v) is 5.08. The van der Waals surface area contributed by atoms with Crippen LogP contribution in [0.1, 0.15) is 32.0 Å². The summed E-state index contributed by atoms with van der Waals surface area (Å²) in [4.78, 5) is 21.6. The molecule has 176 valence electrons. The number of nitrogens with one attached hydrogen (secondary N) is 1. The average molecular weight is 466 g/mol. The lowest BCUT2D eigenvalue weighted by Crippen LogP contribution is -2.27. The van der Waals surface area contributed by atoms with E-state index in [1.54, 1.807) is 58.3 Å². The van der Waals surface area contributed by atoms with E-state index in [1.807, 2.05) is 0 Å². The number of anilines is 2. The van der Waals surface area contributed by atoms with Gasteiger partial charge in [0.25, 0.3) is 0 Å². The summed E-state index contributed by atoms with van der Waals surface area (Å²) < 4.78 is 35.3. The SMILES string of the molecule is Cc1cc(NCc2c(F)cccc2F)c2c(-c3ccnc(N)c3)cn(C(=O)OC(C)(C)C)c2n1. The standard InChI is InChI=1S/C25H25F2N5O2/c1-14-10-20(30-12-16-18(26)6-5-7-19(16)27)22-17(15-8-9-29-21(28)11-15)13-32(23(22)31-14)24(33)34-25(2,3)4/h5-11,13H,12H2,1-4H3,(H2,28,29)(H,30,31). The van der Waals surface area contributed by atoms with E-state index in [0.717, 1.165) is 0 Å².